The summed E-state index contributed by atoms with van der Waals surface area (Å²) in [4.78, 5) is 15.1. The van der Waals surface area contributed by atoms with Crippen molar-refractivity contribution >= 4 is 17.8 Å². The molecule has 2 aliphatic rings. The molecule has 0 unspecified atom stereocenters. The van der Waals surface area contributed by atoms with Crippen molar-refractivity contribution < 1.29 is 9.18 Å². The summed E-state index contributed by atoms with van der Waals surface area (Å²) >= 11 is 0. The number of piperidine rings is 1. The first-order chi connectivity index (χ1) is 15.9. The van der Waals surface area contributed by atoms with Gasteiger partial charge < -0.3 is 16.2 Å². The van der Waals surface area contributed by atoms with E-state index in [4.69, 9.17) is 16.5 Å². The molecular weight excluding hydrogens is 417 g/mol. The van der Waals surface area contributed by atoms with Crippen LogP contribution in [0.4, 0.5) is 4.39 Å². The lowest BCUT2D eigenvalue weighted by atomic mass is 9.76. The van der Waals surface area contributed by atoms with Crippen LogP contribution in [0, 0.1) is 23.7 Å². The van der Waals surface area contributed by atoms with Gasteiger partial charge >= 0.3 is 0 Å². The van der Waals surface area contributed by atoms with Gasteiger partial charge in [-0.15, -0.1) is 0 Å². The van der Waals surface area contributed by atoms with E-state index in [1.807, 2.05) is 19.1 Å². The number of nitrogens with two attached hydrogens (primary N) is 1. The zero-order valence-corrected chi connectivity index (χ0v) is 18.8. The second-order valence-corrected chi connectivity index (χ2v) is 8.99. The van der Waals surface area contributed by atoms with E-state index in [0.29, 0.717) is 41.4 Å². The second kappa shape index (κ2) is 9.14. The first-order valence-corrected chi connectivity index (χ1v) is 11.3. The fourth-order valence-corrected chi connectivity index (χ4v) is 4.79. The van der Waals surface area contributed by atoms with E-state index in [1.165, 1.54) is 6.42 Å². The highest BCUT2D eigenvalue weighted by atomic mass is 19.1. The van der Waals surface area contributed by atoms with Gasteiger partial charge in [-0.05, 0) is 60.6 Å². The van der Waals surface area contributed by atoms with Crippen LogP contribution in [0.1, 0.15) is 76.2 Å². The predicted molar refractivity (Wildman–Crippen MR) is 126 cm³/mol. The molecule has 2 aromatic rings. The minimum Gasteiger partial charge on any atom is -0.338 e. The smallest absolute Gasteiger partial charge is 0.254 e. The highest BCUT2D eigenvalue weighted by molar-refractivity contribution is 6.37. The van der Waals surface area contributed by atoms with Crippen molar-refractivity contribution in [1.82, 2.24) is 4.90 Å². The van der Waals surface area contributed by atoms with Gasteiger partial charge in [-0.2, -0.15) is 10.4 Å². The number of hydrazone groups is 1. The van der Waals surface area contributed by atoms with Gasteiger partial charge in [0.1, 0.15) is 11.4 Å². The number of alkyl halides is 1. The first kappa shape index (κ1) is 22.7. The fourth-order valence-electron chi connectivity index (χ4n) is 4.79. The molecule has 0 radical (unpaired) electrons. The number of nitriles is 1. The van der Waals surface area contributed by atoms with Crippen molar-refractivity contribution in [2.24, 2.45) is 10.9 Å². The van der Waals surface area contributed by atoms with Crippen molar-refractivity contribution in [3.63, 3.8) is 0 Å². The molecular formula is C26H28FN5O. The lowest BCUT2D eigenvalue weighted by Crippen LogP contribution is -2.43. The average molecular weight is 446 g/mol. The normalized spacial score (nSPS) is 18.3. The van der Waals surface area contributed by atoms with Crippen LogP contribution < -0.4 is 5.84 Å². The standard InChI is InChI=1S/C26H28FN5O/c1-17-13-22(19-3-2-4-19)23(24(16-29)31-30)14-21(17)25(33)32-11-9-26(27,10-12-32)20-7-5-18(15-28)6-8-20/h5-8,13-14,16,19,29H,2-4,9-12,30H2,1H3/b29-16?,31-24+. The number of nitrogens with zero attached hydrogens (tertiary/aromatic N) is 3. The zero-order chi connectivity index (χ0) is 23.6. The van der Waals surface area contributed by atoms with Gasteiger partial charge in [0.2, 0.25) is 0 Å². The van der Waals surface area contributed by atoms with E-state index < -0.39 is 5.67 Å². The SMILES string of the molecule is Cc1cc(C2CCC2)c(/C(C=N)=N/N)cc1C(=O)N1CCC(F)(c2ccc(C#N)cc2)CC1. The number of amides is 1. The zero-order valence-electron chi connectivity index (χ0n) is 18.8. The fraction of sp³-hybridized carbons (Fsp3) is 0.385. The molecule has 3 N–H and O–H groups in total. The van der Waals surface area contributed by atoms with Crippen LogP contribution in [-0.2, 0) is 5.67 Å². The largest absolute Gasteiger partial charge is 0.338 e. The lowest BCUT2D eigenvalue weighted by molar-refractivity contribution is 0.0421. The van der Waals surface area contributed by atoms with E-state index >= 15 is 4.39 Å². The molecule has 7 heteroatoms. The van der Waals surface area contributed by atoms with E-state index in [9.17, 15) is 4.79 Å². The Morgan fingerprint density at radius 2 is 1.91 bits per heavy atom. The number of carbonyl (C=O) groups excluding carboxylic acids is 1. The van der Waals surface area contributed by atoms with Crippen molar-refractivity contribution in [3.05, 3.63) is 69.8 Å². The highest BCUT2D eigenvalue weighted by Crippen LogP contribution is 2.40. The molecule has 4 rings (SSSR count). The molecule has 170 valence electrons. The number of nitrogens with one attached hydrogen (secondary N) is 1. The Labute approximate surface area is 193 Å². The van der Waals surface area contributed by atoms with E-state index in [2.05, 4.69) is 5.10 Å². The predicted octanol–water partition coefficient (Wildman–Crippen LogP) is 4.55. The summed E-state index contributed by atoms with van der Waals surface area (Å²) < 4.78 is 15.6. The molecule has 1 saturated heterocycles. The van der Waals surface area contributed by atoms with Crippen molar-refractivity contribution in [2.75, 3.05) is 13.1 Å². The van der Waals surface area contributed by atoms with Crippen LogP contribution in [0.2, 0.25) is 0 Å². The van der Waals surface area contributed by atoms with E-state index in [0.717, 1.165) is 35.7 Å². The number of benzene rings is 2. The van der Waals surface area contributed by atoms with E-state index in [1.54, 1.807) is 35.2 Å². The Balaban J connectivity index is 1.56. The second-order valence-electron chi connectivity index (χ2n) is 8.99. The summed E-state index contributed by atoms with van der Waals surface area (Å²) in [6.07, 6.45) is 4.85. The van der Waals surface area contributed by atoms with Gasteiger partial charge in [-0.3, -0.25) is 4.79 Å². The molecule has 0 bridgehead atoms. The Morgan fingerprint density at radius 1 is 1.24 bits per heavy atom. The third-order valence-electron chi connectivity index (χ3n) is 7.10. The Bertz CT molecular complexity index is 1140. The first-order valence-electron chi connectivity index (χ1n) is 11.3. The van der Waals surface area contributed by atoms with Crippen molar-refractivity contribution in [3.8, 4) is 6.07 Å². The van der Waals surface area contributed by atoms with Crippen LogP contribution in [0.5, 0.6) is 0 Å². The van der Waals surface area contributed by atoms with Gasteiger partial charge in [0.25, 0.3) is 5.91 Å². The van der Waals surface area contributed by atoms with Gasteiger partial charge in [0.15, 0.2) is 0 Å². The maximum absolute atomic E-state index is 15.6. The van der Waals surface area contributed by atoms with Crippen molar-refractivity contribution in [2.45, 2.75) is 50.6 Å². The number of hydrogen-bond donors (Lipinski definition) is 2. The lowest BCUT2D eigenvalue weighted by Gasteiger charge is -2.37. The minimum absolute atomic E-state index is 0.142. The average Bonchev–Trinajstić information content (AvgIpc) is 2.80. The third kappa shape index (κ3) is 4.25. The van der Waals surface area contributed by atoms with Gasteiger partial charge in [0, 0.05) is 43.3 Å². The highest BCUT2D eigenvalue weighted by Gasteiger charge is 2.38. The summed E-state index contributed by atoms with van der Waals surface area (Å²) in [7, 11) is 0. The minimum atomic E-state index is -1.52. The molecule has 2 aromatic carbocycles. The number of halogens is 1. The summed E-state index contributed by atoms with van der Waals surface area (Å²) in [5.74, 6) is 5.79. The Morgan fingerprint density at radius 3 is 2.42 bits per heavy atom. The summed E-state index contributed by atoms with van der Waals surface area (Å²) in [6, 6.07) is 12.5. The molecule has 1 saturated carbocycles. The quantitative estimate of drug-likeness (QED) is 0.401. The van der Waals surface area contributed by atoms with Crippen LogP contribution in [0.3, 0.4) is 0 Å². The number of aryl methyl sites for hydroxylation is 1. The maximum Gasteiger partial charge on any atom is 0.254 e. The van der Waals surface area contributed by atoms with Crippen LogP contribution in [0.25, 0.3) is 0 Å². The molecule has 1 amide bonds. The topological polar surface area (TPSA) is 106 Å². The molecule has 2 fully saturated rings. The van der Waals surface area contributed by atoms with Crippen LogP contribution in [-0.4, -0.2) is 35.8 Å². The molecule has 1 heterocycles. The van der Waals surface area contributed by atoms with Gasteiger partial charge in [-0.1, -0.05) is 24.6 Å². The van der Waals surface area contributed by atoms with Crippen LogP contribution >= 0.6 is 0 Å². The molecule has 1 aliphatic heterocycles. The van der Waals surface area contributed by atoms with E-state index in [-0.39, 0.29) is 18.7 Å². The molecule has 0 atom stereocenters. The van der Waals surface area contributed by atoms with Crippen molar-refractivity contribution in [1.29, 1.82) is 10.7 Å². The Hall–Kier alpha value is -3.53. The molecule has 6 nitrogen and oxygen atoms in total. The molecule has 0 aromatic heterocycles. The van der Waals surface area contributed by atoms with Gasteiger partial charge in [-0.25, -0.2) is 4.39 Å². The summed E-state index contributed by atoms with van der Waals surface area (Å²) in [6.45, 7) is 2.52. The number of likely N-dealkylation sites (tertiary alicyclic amines) is 1. The molecule has 33 heavy (non-hydrogen) atoms. The van der Waals surface area contributed by atoms with Crippen LogP contribution in [0.15, 0.2) is 41.5 Å². The number of carbonyl (C=O) groups is 1. The summed E-state index contributed by atoms with van der Waals surface area (Å²) in [5.41, 5.74) is 3.12. The summed E-state index contributed by atoms with van der Waals surface area (Å²) in [5, 5.41) is 20.4. The number of hydrogen-bond acceptors (Lipinski definition) is 5. The third-order valence-corrected chi connectivity index (χ3v) is 7.10. The maximum atomic E-state index is 15.6. The molecule has 0 spiro atoms. The molecule has 1 aliphatic carbocycles. The Kier molecular flexibility index (Phi) is 6.28. The monoisotopic (exact) mass is 445 g/mol. The number of rotatable bonds is 5. The van der Waals surface area contributed by atoms with Gasteiger partial charge in [0.05, 0.1) is 11.6 Å².